The van der Waals surface area contributed by atoms with E-state index in [-0.39, 0.29) is 11.9 Å². The van der Waals surface area contributed by atoms with Crippen LogP contribution in [0.3, 0.4) is 0 Å². The second-order valence-electron chi connectivity index (χ2n) is 6.40. The summed E-state index contributed by atoms with van der Waals surface area (Å²) < 4.78 is 5.62. The fourth-order valence-corrected chi connectivity index (χ4v) is 2.87. The zero-order chi connectivity index (χ0) is 18.2. The lowest BCUT2D eigenvalue weighted by atomic mass is 10.2. The number of carbonyl (C=O) groups excluding carboxylic acids is 2. The van der Waals surface area contributed by atoms with Gasteiger partial charge in [-0.1, -0.05) is 24.4 Å². The molecule has 1 fully saturated rings. The molecule has 25 heavy (non-hydrogen) atoms. The van der Waals surface area contributed by atoms with Gasteiger partial charge in [0.2, 0.25) is 5.91 Å². The van der Waals surface area contributed by atoms with Crippen molar-refractivity contribution in [2.75, 3.05) is 20.2 Å². The van der Waals surface area contributed by atoms with Gasteiger partial charge in [-0.15, -0.1) is 0 Å². The van der Waals surface area contributed by atoms with E-state index in [0.717, 1.165) is 31.4 Å². The molecular weight excluding hydrogens is 342 g/mol. The Morgan fingerprint density at radius 2 is 1.92 bits per heavy atom. The Hall–Kier alpha value is -1.79. The highest BCUT2D eigenvalue weighted by atomic mass is 35.5. The summed E-state index contributed by atoms with van der Waals surface area (Å²) in [6.45, 7) is 2.76. The van der Waals surface area contributed by atoms with Crippen molar-refractivity contribution in [3.8, 4) is 5.75 Å². The number of nitrogens with one attached hydrogen (secondary N) is 2. The van der Waals surface area contributed by atoms with Crippen LogP contribution in [0.15, 0.2) is 24.3 Å². The van der Waals surface area contributed by atoms with Gasteiger partial charge in [0.05, 0.1) is 6.04 Å². The molecule has 1 aliphatic rings. The van der Waals surface area contributed by atoms with Crippen LogP contribution >= 0.6 is 11.6 Å². The summed E-state index contributed by atoms with van der Waals surface area (Å²) in [4.78, 5) is 25.9. The van der Waals surface area contributed by atoms with Crippen LogP contribution in [0.4, 0.5) is 4.79 Å². The van der Waals surface area contributed by atoms with Gasteiger partial charge in [0, 0.05) is 17.6 Å². The van der Waals surface area contributed by atoms with Crippen molar-refractivity contribution in [2.45, 2.75) is 44.7 Å². The minimum absolute atomic E-state index is 0.189. The molecular formula is C18H26ClN3O3. The summed E-state index contributed by atoms with van der Waals surface area (Å²) in [7, 11) is 1.82. The van der Waals surface area contributed by atoms with Crippen LogP contribution in [-0.4, -0.2) is 49.1 Å². The molecule has 0 bridgehead atoms. The molecule has 3 amide bonds. The van der Waals surface area contributed by atoms with Crippen LogP contribution in [0, 0.1) is 0 Å². The fourth-order valence-electron chi connectivity index (χ4n) is 2.74. The third-order valence-corrected chi connectivity index (χ3v) is 4.75. The Kier molecular flexibility index (Phi) is 7.52. The van der Waals surface area contributed by atoms with Gasteiger partial charge in [0.1, 0.15) is 12.4 Å². The number of amides is 3. The van der Waals surface area contributed by atoms with Crippen molar-refractivity contribution in [1.82, 2.24) is 15.5 Å². The number of urea groups is 1. The van der Waals surface area contributed by atoms with Crippen LogP contribution in [0.5, 0.6) is 5.75 Å². The van der Waals surface area contributed by atoms with E-state index in [0.29, 0.717) is 18.2 Å². The summed E-state index contributed by atoms with van der Waals surface area (Å²) in [5, 5.41) is 5.92. The minimum Gasteiger partial charge on any atom is -0.492 e. The predicted molar refractivity (Wildman–Crippen MR) is 98.0 cm³/mol. The largest absolute Gasteiger partial charge is 0.492 e. The first-order valence-corrected chi connectivity index (χ1v) is 9.03. The lowest BCUT2D eigenvalue weighted by molar-refractivity contribution is -0.124. The number of imide groups is 1. The van der Waals surface area contributed by atoms with Crippen LogP contribution < -0.4 is 15.4 Å². The molecule has 2 rings (SSSR count). The van der Waals surface area contributed by atoms with Gasteiger partial charge in [-0.25, -0.2) is 4.79 Å². The summed E-state index contributed by atoms with van der Waals surface area (Å²) in [5.74, 6) is 0.412. The number of benzene rings is 1. The second kappa shape index (κ2) is 9.63. The first-order valence-electron chi connectivity index (χ1n) is 8.65. The number of halogens is 1. The van der Waals surface area contributed by atoms with E-state index in [1.807, 2.05) is 11.9 Å². The standard InChI is InChI=1S/C18H26ClN3O3/c1-13(17(23)21-18(24)20-15-5-3-4-6-15)22(2)11-12-25-16-9-7-14(19)8-10-16/h7-10,13,15H,3-6,11-12H2,1-2H3,(H2,20,21,23,24). The molecule has 0 heterocycles. The summed E-state index contributed by atoms with van der Waals surface area (Å²) >= 11 is 5.83. The maximum atomic E-state index is 12.2. The molecule has 1 atom stereocenters. The van der Waals surface area contributed by atoms with Gasteiger partial charge in [0.15, 0.2) is 0 Å². The number of ether oxygens (including phenoxy) is 1. The van der Waals surface area contributed by atoms with E-state index in [4.69, 9.17) is 16.3 Å². The lowest BCUT2D eigenvalue weighted by Gasteiger charge is -2.24. The third kappa shape index (κ3) is 6.55. The van der Waals surface area contributed by atoms with Crippen molar-refractivity contribution in [1.29, 1.82) is 0 Å². The predicted octanol–water partition coefficient (Wildman–Crippen LogP) is 2.81. The van der Waals surface area contributed by atoms with Gasteiger partial charge in [-0.3, -0.25) is 15.0 Å². The summed E-state index contributed by atoms with van der Waals surface area (Å²) in [6.07, 6.45) is 4.23. The zero-order valence-electron chi connectivity index (χ0n) is 14.8. The van der Waals surface area contributed by atoms with E-state index in [1.165, 1.54) is 0 Å². The number of rotatable bonds is 7. The Morgan fingerprint density at radius 1 is 1.28 bits per heavy atom. The van der Waals surface area contributed by atoms with Gasteiger partial charge >= 0.3 is 6.03 Å². The Bertz CT molecular complexity index is 573. The molecule has 1 saturated carbocycles. The van der Waals surface area contributed by atoms with Crippen molar-refractivity contribution in [3.63, 3.8) is 0 Å². The van der Waals surface area contributed by atoms with Crippen LogP contribution in [0.25, 0.3) is 0 Å². The number of carbonyl (C=O) groups is 2. The van der Waals surface area contributed by atoms with Crippen LogP contribution in [-0.2, 0) is 4.79 Å². The number of hydrogen-bond donors (Lipinski definition) is 2. The molecule has 1 aliphatic carbocycles. The van der Waals surface area contributed by atoms with Gasteiger partial charge in [-0.2, -0.15) is 0 Å². The number of likely N-dealkylation sites (N-methyl/N-ethyl adjacent to an activating group) is 1. The SMILES string of the molecule is CC(C(=O)NC(=O)NC1CCCC1)N(C)CCOc1ccc(Cl)cc1. The first-order chi connectivity index (χ1) is 12.0. The topological polar surface area (TPSA) is 70.7 Å². The number of nitrogens with zero attached hydrogens (tertiary/aromatic N) is 1. The average molecular weight is 368 g/mol. The molecule has 1 aromatic carbocycles. The molecule has 7 heteroatoms. The molecule has 0 aromatic heterocycles. The van der Waals surface area contributed by atoms with Crippen molar-refractivity contribution < 1.29 is 14.3 Å². The second-order valence-corrected chi connectivity index (χ2v) is 6.84. The van der Waals surface area contributed by atoms with Gasteiger partial charge < -0.3 is 10.1 Å². The monoisotopic (exact) mass is 367 g/mol. The summed E-state index contributed by atoms with van der Waals surface area (Å²) in [5.41, 5.74) is 0. The van der Waals surface area contributed by atoms with Crippen LogP contribution in [0.1, 0.15) is 32.6 Å². The molecule has 0 aliphatic heterocycles. The average Bonchev–Trinajstić information content (AvgIpc) is 3.08. The van der Waals surface area contributed by atoms with Crippen molar-refractivity contribution in [3.05, 3.63) is 29.3 Å². The van der Waals surface area contributed by atoms with E-state index in [9.17, 15) is 9.59 Å². The quantitative estimate of drug-likeness (QED) is 0.777. The Morgan fingerprint density at radius 3 is 2.56 bits per heavy atom. The smallest absolute Gasteiger partial charge is 0.321 e. The maximum absolute atomic E-state index is 12.2. The first kappa shape index (κ1) is 19.5. The van der Waals surface area contributed by atoms with Crippen molar-refractivity contribution in [2.24, 2.45) is 0 Å². The lowest BCUT2D eigenvalue weighted by Crippen LogP contribution is -2.50. The molecule has 1 aromatic rings. The van der Waals surface area contributed by atoms with Crippen molar-refractivity contribution >= 4 is 23.5 Å². The van der Waals surface area contributed by atoms with E-state index >= 15 is 0 Å². The molecule has 0 spiro atoms. The zero-order valence-corrected chi connectivity index (χ0v) is 15.5. The Balaban J connectivity index is 1.68. The molecule has 1 unspecified atom stereocenters. The van der Waals surface area contributed by atoms with E-state index in [2.05, 4.69) is 10.6 Å². The molecule has 0 radical (unpaired) electrons. The highest BCUT2D eigenvalue weighted by molar-refractivity contribution is 6.30. The van der Waals surface area contributed by atoms with E-state index in [1.54, 1.807) is 31.2 Å². The molecule has 0 saturated heterocycles. The van der Waals surface area contributed by atoms with E-state index < -0.39 is 12.1 Å². The summed E-state index contributed by atoms with van der Waals surface area (Å²) in [6, 6.07) is 6.48. The normalized spacial score (nSPS) is 15.8. The minimum atomic E-state index is -0.428. The van der Waals surface area contributed by atoms with Gasteiger partial charge in [0.25, 0.3) is 0 Å². The molecule has 2 N–H and O–H groups in total. The van der Waals surface area contributed by atoms with Gasteiger partial charge in [-0.05, 0) is 51.1 Å². The van der Waals surface area contributed by atoms with Crippen LogP contribution in [0.2, 0.25) is 5.02 Å². The number of hydrogen-bond acceptors (Lipinski definition) is 4. The highest BCUT2D eigenvalue weighted by Crippen LogP contribution is 2.17. The highest BCUT2D eigenvalue weighted by Gasteiger charge is 2.22. The fraction of sp³-hybridized carbons (Fsp3) is 0.556. The molecule has 138 valence electrons. The molecule has 6 nitrogen and oxygen atoms in total. The Labute approximate surface area is 153 Å². The maximum Gasteiger partial charge on any atom is 0.321 e. The third-order valence-electron chi connectivity index (χ3n) is 4.49.